The number of nitrogens with one attached hydrogen (secondary N) is 1. The van der Waals surface area contributed by atoms with Crippen LogP contribution in [0.1, 0.15) is 36.2 Å². The monoisotopic (exact) mass is 246 g/mol. The van der Waals surface area contributed by atoms with Gasteiger partial charge in [0.15, 0.2) is 0 Å². The Morgan fingerprint density at radius 2 is 2.22 bits per heavy atom. The number of fused-ring (bicyclic) bond motifs is 1. The van der Waals surface area contributed by atoms with Crippen molar-refractivity contribution in [3.05, 3.63) is 29.3 Å². The number of benzene rings is 1. The third-order valence-corrected chi connectivity index (χ3v) is 3.41. The molecule has 0 spiro atoms. The van der Waals surface area contributed by atoms with E-state index in [0.29, 0.717) is 12.0 Å². The second-order valence-electron chi connectivity index (χ2n) is 4.76. The van der Waals surface area contributed by atoms with Gasteiger partial charge in [0.05, 0.1) is 6.42 Å². The fourth-order valence-electron chi connectivity index (χ4n) is 2.02. The first kappa shape index (κ1) is 12.6. The zero-order valence-corrected chi connectivity index (χ0v) is 11.0. The summed E-state index contributed by atoms with van der Waals surface area (Å²) in [6, 6.07) is 5.58. The van der Waals surface area contributed by atoms with Crippen molar-refractivity contribution in [1.82, 2.24) is 5.32 Å². The van der Waals surface area contributed by atoms with Crippen molar-refractivity contribution in [3.8, 4) is 0 Å². The highest BCUT2D eigenvalue weighted by Gasteiger charge is 2.24. The van der Waals surface area contributed by atoms with Crippen LogP contribution in [-0.2, 0) is 11.2 Å². The van der Waals surface area contributed by atoms with Crippen molar-refractivity contribution < 1.29 is 9.59 Å². The molecule has 1 N–H and O–H groups in total. The number of nitrogens with zero attached hydrogens (tertiary/aromatic N) is 1. The molecule has 96 valence electrons. The summed E-state index contributed by atoms with van der Waals surface area (Å²) in [6.07, 6.45) is 1.29. The summed E-state index contributed by atoms with van der Waals surface area (Å²) in [4.78, 5) is 25.2. The number of likely N-dealkylation sites (N-methyl/N-ethyl adjacent to an activating group) is 1. The second kappa shape index (κ2) is 4.80. The summed E-state index contributed by atoms with van der Waals surface area (Å²) >= 11 is 0. The van der Waals surface area contributed by atoms with E-state index in [1.165, 1.54) is 0 Å². The fourth-order valence-corrected chi connectivity index (χ4v) is 2.02. The molecular formula is C14H18N2O2. The quantitative estimate of drug-likeness (QED) is 0.883. The normalized spacial score (nSPS) is 15.5. The number of amides is 2. The molecule has 1 aromatic rings. The first-order valence-corrected chi connectivity index (χ1v) is 6.23. The predicted molar refractivity (Wildman–Crippen MR) is 70.8 cm³/mol. The van der Waals surface area contributed by atoms with Crippen LogP contribution in [0.4, 0.5) is 5.69 Å². The molecule has 0 aliphatic carbocycles. The van der Waals surface area contributed by atoms with Crippen LogP contribution in [0.2, 0.25) is 0 Å². The molecule has 2 amide bonds. The largest absolute Gasteiger partial charge is 0.350 e. The van der Waals surface area contributed by atoms with Crippen LogP contribution >= 0.6 is 0 Å². The van der Waals surface area contributed by atoms with Crippen molar-refractivity contribution >= 4 is 17.5 Å². The van der Waals surface area contributed by atoms with Gasteiger partial charge >= 0.3 is 0 Å². The summed E-state index contributed by atoms with van der Waals surface area (Å²) < 4.78 is 0. The van der Waals surface area contributed by atoms with Crippen LogP contribution < -0.4 is 10.2 Å². The van der Waals surface area contributed by atoms with E-state index in [0.717, 1.165) is 17.7 Å². The zero-order chi connectivity index (χ0) is 13.3. The Morgan fingerprint density at radius 3 is 2.89 bits per heavy atom. The molecule has 0 saturated carbocycles. The molecule has 4 nitrogen and oxygen atoms in total. The Kier molecular flexibility index (Phi) is 3.36. The van der Waals surface area contributed by atoms with E-state index in [-0.39, 0.29) is 17.9 Å². The summed E-state index contributed by atoms with van der Waals surface area (Å²) in [5, 5.41) is 2.92. The fraction of sp³-hybridized carbons (Fsp3) is 0.429. The van der Waals surface area contributed by atoms with Gasteiger partial charge in [0.1, 0.15) is 0 Å². The lowest BCUT2D eigenvalue weighted by atomic mass is 10.1. The van der Waals surface area contributed by atoms with Gasteiger partial charge < -0.3 is 10.2 Å². The van der Waals surface area contributed by atoms with Gasteiger partial charge in [-0.25, -0.2) is 0 Å². The van der Waals surface area contributed by atoms with Gasteiger partial charge in [-0.1, -0.05) is 6.92 Å². The molecule has 4 heteroatoms. The molecule has 1 unspecified atom stereocenters. The molecule has 0 aromatic heterocycles. The maximum absolute atomic E-state index is 12.0. The lowest BCUT2D eigenvalue weighted by Crippen LogP contribution is -2.31. The highest BCUT2D eigenvalue weighted by Crippen LogP contribution is 2.28. The van der Waals surface area contributed by atoms with E-state index < -0.39 is 0 Å². The van der Waals surface area contributed by atoms with Gasteiger partial charge in [0.25, 0.3) is 5.91 Å². The molecule has 1 aliphatic rings. The third kappa shape index (κ3) is 2.23. The van der Waals surface area contributed by atoms with Crippen LogP contribution in [-0.4, -0.2) is 24.9 Å². The molecule has 1 aliphatic heterocycles. The van der Waals surface area contributed by atoms with Gasteiger partial charge in [-0.3, -0.25) is 9.59 Å². The highest BCUT2D eigenvalue weighted by molar-refractivity contribution is 6.03. The van der Waals surface area contributed by atoms with Gasteiger partial charge in [0, 0.05) is 24.3 Å². The minimum atomic E-state index is -0.0749. The Morgan fingerprint density at radius 1 is 1.50 bits per heavy atom. The van der Waals surface area contributed by atoms with Crippen LogP contribution in [0, 0.1) is 0 Å². The molecule has 2 rings (SSSR count). The molecule has 0 fully saturated rings. The molecule has 0 radical (unpaired) electrons. The molecule has 1 atom stereocenters. The smallest absolute Gasteiger partial charge is 0.251 e. The number of hydrogen-bond acceptors (Lipinski definition) is 2. The Bertz CT molecular complexity index is 497. The molecule has 0 bridgehead atoms. The number of carbonyl (C=O) groups excluding carboxylic acids is 2. The summed E-state index contributed by atoms with van der Waals surface area (Å²) in [7, 11) is 1.76. The molecule has 1 heterocycles. The lowest BCUT2D eigenvalue weighted by Gasteiger charge is -2.13. The van der Waals surface area contributed by atoms with Gasteiger partial charge in [-0.05, 0) is 37.1 Å². The Balaban J connectivity index is 2.20. The topological polar surface area (TPSA) is 49.4 Å². The second-order valence-corrected chi connectivity index (χ2v) is 4.76. The van der Waals surface area contributed by atoms with E-state index in [2.05, 4.69) is 5.32 Å². The van der Waals surface area contributed by atoms with E-state index in [1.54, 1.807) is 18.0 Å². The first-order chi connectivity index (χ1) is 8.52. The number of hydrogen-bond donors (Lipinski definition) is 1. The predicted octanol–water partition coefficient (Wildman–Crippen LogP) is 1.73. The highest BCUT2D eigenvalue weighted by atomic mass is 16.2. The summed E-state index contributed by atoms with van der Waals surface area (Å²) in [6.45, 7) is 4.00. The Hall–Kier alpha value is -1.84. The number of rotatable bonds is 3. The lowest BCUT2D eigenvalue weighted by molar-refractivity contribution is -0.117. The van der Waals surface area contributed by atoms with Crippen LogP contribution in [0.15, 0.2) is 18.2 Å². The molecular weight excluding hydrogens is 228 g/mol. The van der Waals surface area contributed by atoms with Crippen LogP contribution in [0.3, 0.4) is 0 Å². The standard InChI is InChI=1S/C14H18N2O2/c1-4-9(2)15-14(18)10-5-6-12-11(7-10)8-13(17)16(12)3/h5-7,9H,4,8H2,1-3H3,(H,15,18). The number of anilines is 1. The van der Waals surface area contributed by atoms with Crippen LogP contribution in [0.25, 0.3) is 0 Å². The van der Waals surface area contributed by atoms with Crippen molar-refractivity contribution in [2.75, 3.05) is 11.9 Å². The molecule has 1 aromatic carbocycles. The van der Waals surface area contributed by atoms with Crippen molar-refractivity contribution in [2.45, 2.75) is 32.7 Å². The molecule has 18 heavy (non-hydrogen) atoms. The van der Waals surface area contributed by atoms with Gasteiger partial charge in [-0.2, -0.15) is 0 Å². The van der Waals surface area contributed by atoms with Crippen molar-refractivity contribution in [2.24, 2.45) is 0 Å². The minimum Gasteiger partial charge on any atom is -0.350 e. The van der Waals surface area contributed by atoms with E-state index in [9.17, 15) is 9.59 Å². The van der Waals surface area contributed by atoms with Gasteiger partial charge in [0.2, 0.25) is 5.91 Å². The minimum absolute atomic E-state index is 0.0736. The zero-order valence-electron chi connectivity index (χ0n) is 11.0. The maximum atomic E-state index is 12.0. The van der Waals surface area contributed by atoms with Crippen molar-refractivity contribution in [1.29, 1.82) is 0 Å². The average molecular weight is 246 g/mol. The first-order valence-electron chi connectivity index (χ1n) is 6.23. The van der Waals surface area contributed by atoms with Gasteiger partial charge in [-0.15, -0.1) is 0 Å². The van der Waals surface area contributed by atoms with Crippen LogP contribution in [0.5, 0.6) is 0 Å². The van der Waals surface area contributed by atoms with E-state index in [1.807, 2.05) is 26.0 Å². The number of carbonyl (C=O) groups is 2. The van der Waals surface area contributed by atoms with E-state index >= 15 is 0 Å². The van der Waals surface area contributed by atoms with Crippen molar-refractivity contribution in [3.63, 3.8) is 0 Å². The molecule has 0 saturated heterocycles. The van der Waals surface area contributed by atoms with E-state index in [4.69, 9.17) is 0 Å². The average Bonchev–Trinajstić information content (AvgIpc) is 2.64. The SMILES string of the molecule is CCC(C)NC(=O)c1ccc2c(c1)CC(=O)N2C. The Labute approximate surface area is 107 Å². The summed E-state index contributed by atoms with van der Waals surface area (Å²) in [5.41, 5.74) is 2.46. The maximum Gasteiger partial charge on any atom is 0.251 e. The third-order valence-electron chi connectivity index (χ3n) is 3.41. The summed E-state index contributed by atoms with van der Waals surface area (Å²) in [5.74, 6) is -0.00126.